The minimum absolute atomic E-state index is 0.242. The third kappa shape index (κ3) is 2.20. The van der Waals surface area contributed by atoms with Gasteiger partial charge in [-0.15, -0.1) is 0 Å². The highest BCUT2D eigenvalue weighted by Gasteiger charge is 2.08. The number of aromatic nitrogens is 3. The maximum atomic E-state index is 5.97. The van der Waals surface area contributed by atoms with Gasteiger partial charge in [-0.3, -0.25) is 4.98 Å². The van der Waals surface area contributed by atoms with E-state index in [1.807, 2.05) is 0 Å². The highest BCUT2D eigenvalue weighted by atomic mass is 35.5. The molecule has 0 fully saturated rings. The second kappa shape index (κ2) is 4.31. The summed E-state index contributed by atoms with van der Waals surface area (Å²) in [5, 5.41) is 0.928. The van der Waals surface area contributed by atoms with Gasteiger partial charge in [0.15, 0.2) is 0 Å². The van der Waals surface area contributed by atoms with E-state index in [4.69, 9.17) is 34.8 Å². The molecule has 2 aromatic heterocycles. The zero-order valence-electron chi connectivity index (χ0n) is 7.28. The number of halogens is 3. The van der Waals surface area contributed by atoms with E-state index in [0.717, 1.165) is 0 Å². The van der Waals surface area contributed by atoms with Crippen LogP contribution in [0, 0.1) is 0 Å². The molecule has 0 radical (unpaired) electrons. The van der Waals surface area contributed by atoms with Gasteiger partial charge in [-0.1, -0.05) is 34.8 Å². The lowest BCUT2D eigenvalue weighted by Crippen LogP contribution is -1.88. The molecule has 6 heteroatoms. The second-order valence-corrected chi connectivity index (χ2v) is 3.81. The largest absolute Gasteiger partial charge is 0.251 e. The van der Waals surface area contributed by atoms with Gasteiger partial charge in [0.2, 0.25) is 0 Å². The van der Waals surface area contributed by atoms with Gasteiger partial charge < -0.3 is 0 Å². The lowest BCUT2D eigenvalue weighted by molar-refractivity contribution is 1.20. The van der Waals surface area contributed by atoms with E-state index >= 15 is 0 Å². The van der Waals surface area contributed by atoms with Gasteiger partial charge in [0.1, 0.15) is 10.3 Å². The van der Waals surface area contributed by atoms with Gasteiger partial charge in [0.05, 0.1) is 23.1 Å². The third-order valence-corrected chi connectivity index (χ3v) is 2.70. The minimum Gasteiger partial charge on any atom is -0.251 e. The number of pyridine rings is 1. The van der Waals surface area contributed by atoms with Crippen molar-refractivity contribution in [3.8, 4) is 11.3 Å². The minimum atomic E-state index is 0.242. The smallest absolute Gasteiger partial charge is 0.148 e. The van der Waals surface area contributed by atoms with Gasteiger partial charge in [-0.05, 0) is 6.07 Å². The summed E-state index contributed by atoms with van der Waals surface area (Å²) in [6.07, 6.45) is 4.53. The van der Waals surface area contributed by atoms with Crippen LogP contribution in [0.1, 0.15) is 0 Å². The number of hydrogen-bond acceptors (Lipinski definition) is 3. The van der Waals surface area contributed by atoms with Crippen LogP contribution in [-0.2, 0) is 0 Å². The topological polar surface area (TPSA) is 38.7 Å². The molecule has 15 heavy (non-hydrogen) atoms. The fourth-order valence-electron chi connectivity index (χ4n) is 1.07. The van der Waals surface area contributed by atoms with Crippen LogP contribution in [0.5, 0.6) is 0 Å². The summed E-state index contributed by atoms with van der Waals surface area (Å²) in [7, 11) is 0. The molecule has 3 nitrogen and oxygen atoms in total. The van der Waals surface area contributed by atoms with Crippen molar-refractivity contribution in [1.82, 2.24) is 15.0 Å². The van der Waals surface area contributed by atoms with E-state index in [1.165, 1.54) is 12.4 Å². The van der Waals surface area contributed by atoms with Crippen LogP contribution in [0.25, 0.3) is 11.3 Å². The zero-order chi connectivity index (χ0) is 10.8. The molecule has 0 aliphatic heterocycles. The van der Waals surface area contributed by atoms with Crippen LogP contribution in [0.2, 0.25) is 15.3 Å². The second-order valence-electron chi connectivity index (χ2n) is 2.69. The number of hydrogen-bond donors (Lipinski definition) is 0. The zero-order valence-corrected chi connectivity index (χ0v) is 9.55. The predicted octanol–water partition coefficient (Wildman–Crippen LogP) is 3.50. The van der Waals surface area contributed by atoms with E-state index in [9.17, 15) is 0 Å². The van der Waals surface area contributed by atoms with Crippen LogP contribution in [0.4, 0.5) is 0 Å². The first kappa shape index (κ1) is 10.6. The summed E-state index contributed by atoms with van der Waals surface area (Å²) in [6, 6.07) is 1.71. The van der Waals surface area contributed by atoms with Gasteiger partial charge in [0, 0.05) is 11.8 Å². The fraction of sp³-hybridized carbons (Fsp3) is 0. The van der Waals surface area contributed by atoms with Gasteiger partial charge >= 0.3 is 0 Å². The Morgan fingerprint density at radius 3 is 2.40 bits per heavy atom. The first-order valence-corrected chi connectivity index (χ1v) is 5.10. The molecule has 0 spiro atoms. The van der Waals surface area contributed by atoms with Crippen molar-refractivity contribution in [2.45, 2.75) is 0 Å². The standard InChI is InChI=1S/C9H4Cl3N3/c10-7-4-14-6(3-15-7)5-1-2-13-9(12)8(5)11/h1-4H. The lowest BCUT2D eigenvalue weighted by atomic mass is 10.2. The van der Waals surface area contributed by atoms with Gasteiger partial charge in [-0.2, -0.15) is 0 Å². The normalized spacial score (nSPS) is 10.3. The Kier molecular flexibility index (Phi) is 3.05. The van der Waals surface area contributed by atoms with Crippen LogP contribution in [-0.4, -0.2) is 15.0 Å². The third-order valence-electron chi connectivity index (χ3n) is 1.74. The van der Waals surface area contributed by atoms with Crippen LogP contribution in [0.3, 0.4) is 0 Å². The van der Waals surface area contributed by atoms with Crippen LogP contribution >= 0.6 is 34.8 Å². The first-order chi connectivity index (χ1) is 7.18. The quantitative estimate of drug-likeness (QED) is 0.737. The molecule has 0 amide bonds. The Hall–Kier alpha value is -0.900. The summed E-state index contributed by atoms with van der Waals surface area (Å²) in [5.74, 6) is 0. The molecule has 0 aliphatic rings. The summed E-state index contributed by atoms with van der Waals surface area (Å²) in [5.41, 5.74) is 1.29. The van der Waals surface area contributed by atoms with Crippen molar-refractivity contribution in [3.63, 3.8) is 0 Å². The monoisotopic (exact) mass is 259 g/mol. The molecule has 0 atom stereocenters. The van der Waals surface area contributed by atoms with Crippen LogP contribution < -0.4 is 0 Å². The summed E-state index contributed by atoms with van der Waals surface area (Å²) in [6.45, 7) is 0. The molecule has 2 heterocycles. The predicted molar refractivity (Wildman–Crippen MR) is 60.3 cm³/mol. The molecular weight excluding hydrogens is 256 g/mol. The van der Waals surface area contributed by atoms with Crippen molar-refractivity contribution in [2.24, 2.45) is 0 Å². The average Bonchev–Trinajstić information content (AvgIpc) is 2.24. The van der Waals surface area contributed by atoms with Crippen molar-refractivity contribution in [1.29, 1.82) is 0 Å². The van der Waals surface area contributed by atoms with Crippen molar-refractivity contribution < 1.29 is 0 Å². The molecule has 0 aromatic carbocycles. The van der Waals surface area contributed by atoms with Gasteiger partial charge in [-0.25, -0.2) is 9.97 Å². The van der Waals surface area contributed by atoms with Crippen molar-refractivity contribution in [2.75, 3.05) is 0 Å². The highest BCUT2D eigenvalue weighted by molar-refractivity contribution is 6.42. The van der Waals surface area contributed by atoms with E-state index in [0.29, 0.717) is 21.4 Å². The summed E-state index contributed by atoms with van der Waals surface area (Å²) < 4.78 is 0. The molecule has 2 aromatic rings. The molecule has 0 unspecified atom stereocenters. The molecule has 0 saturated carbocycles. The molecular formula is C9H4Cl3N3. The molecule has 76 valence electrons. The van der Waals surface area contributed by atoms with E-state index in [-0.39, 0.29) is 5.15 Å². The van der Waals surface area contributed by atoms with Crippen molar-refractivity contribution >= 4 is 34.8 Å². The molecule has 0 aliphatic carbocycles. The number of nitrogens with zero attached hydrogens (tertiary/aromatic N) is 3. The summed E-state index contributed by atoms with van der Waals surface area (Å²) in [4.78, 5) is 11.8. The highest BCUT2D eigenvalue weighted by Crippen LogP contribution is 2.30. The molecule has 0 bridgehead atoms. The Balaban J connectivity index is 2.54. The molecule has 0 saturated heterocycles. The van der Waals surface area contributed by atoms with E-state index in [2.05, 4.69) is 15.0 Å². The molecule has 2 rings (SSSR count). The SMILES string of the molecule is Clc1cnc(-c2ccnc(Cl)c2Cl)cn1. The van der Waals surface area contributed by atoms with E-state index in [1.54, 1.807) is 12.3 Å². The fourth-order valence-corrected chi connectivity index (χ4v) is 1.53. The number of rotatable bonds is 1. The molecule has 0 N–H and O–H groups in total. The Morgan fingerprint density at radius 1 is 0.933 bits per heavy atom. The maximum Gasteiger partial charge on any atom is 0.148 e. The van der Waals surface area contributed by atoms with Crippen molar-refractivity contribution in [3.05, 3.63) is 40.0 Å². The lowest BCUT2D eigenvalue weighted by Gasteiger charge is -2.03. The van der Waals surface area contributed by atoms with E-state index < -0.39 is 0 Å². The maximum absolute atomic E-state index is 5.97. The first-order valence-electron chi connectivity index (χ1n) is 3.96. The van der Waals surface area contributed by atoms with Crippen LogP contribution in [0.15, 0.2) is 24.7 Å². The Labute approximate surface area is 101 Å². The summed E-state index contributed by atoms with van der Waals surface area (Å²) >= 11 is 17.4. The Bertz CT molecular complexity index is 484. The average molecular weight is 261 g/mol. The Morgan fingerprint density at radius 2 is 1.73 bits per heavy atom. The van der Waals surface area contributed by atoms with Gasteiger partial charge in [0.25, 0.3) is 0 Å².